The molecule has 1 fully saturated rings. The maximum atomic E-state index is 13.2. The van der Waals surface area contributed by atoms with Gasteiger partial charge in [0, 0.05) is 48.7 Å². The minimum absolute atomic E-state index is 0.0996. The molecule has 4 rings (SSSR count). The predicted molar refractivity (Wildman–Crippen MR) is 137 cm³/mol. The van der Waals surface area contributed by atoms with Gasteiger partial charge in [-0.15, -0.1) is 0 Å². The van der Waals surface area contributed by atoms with E-state index in [0.717, 1.165) is 22.2 Å². The number of hydrogen-bond acceptors (Lipinski definition) is 8. The largest absolute Gasteiger partial charge is 0.489 e. The molecule has 0 unspecified atom stereocenters. The fourth-order valence-corrected chi connectivity index (χ4v) is 6.60. The monoisotopic (exact) mass is 526 g/mol. The van der Waals surface area contributed by atoms with Gasteiger partial charge in [0.05, 0.1) is 16.2 Å². The zero-order valence-electron chi connectivity index (χ0n) is 20.8. The predicted octanol–water partition coefficient (Wildman–Crippen LogP) is 2.32. The molecule has 1 aliphatic heterocycles. The number of fused-ring (bicyclic) bond motifs is 1. The zero-order valence-corrected chi connectivity index (χ0v) is 21.7. The van der Waals surface area contributed by atoms with Crippen LogP contribution in [-0.2, 0) is 30.8 Å². The van der Waals surface area contributed by atoms with E-state index in [9.17, 15) is 23.1 Å². The average Bonchev–Trinajstić information content (AvgIpc) is 2.85. The number of rotatable bonds is 11. The molecule has 0 spiro atoms. The molecule has 10 heteroatoms. The van der Waals surface area contributed by atoms with Crippen LogP contribution in [0.15, 0.2) is 59.5 Å². The van der Waals surface area contributed by atoms with Gasteiger partial charge in [-0.05, 0) is 43.3 Å². The third kappa shape index (κ3) is 6.15. The number of aromatic nitrogens is 1. The van der Waals surface area contributed by atoms with Crippen LogP contribution >= 0.6 is 0 Å². The van der Waals surface area contributed by atoms with E-state index in [1.807, 2.05) is 37.3 Å². The van der Waals surface area contributed by atoms with Crippen molar-refractivity contribution in [2.45, 2.75) is 24.8 Å². The highest BCUT2D eigenvalue weighted by Crippen LogP contribution is 2.37. The molecule has 9 nitrogen and oxygen atoms in total. The minimum Gasteiger partial charge on any atom is -0.489 e. The maximum absolute atomic E-state index is 13.2. The number of carbonyl (C=O) groups is 2. The first-order chi connectivity index (χ1) is 17.6. The molecule has 0 bridgehead atoms. The summed E-state index contributed by atoms with van der Waals surface area (Å²) in [4.78, 5) is 30.2. The number of carbonyl (C=O) groups excluding carboxylic acids is 2. The number of aryl methyl sites for hydroxylation is 1. The summed E-state index contributed by atoms with van der Waals surface area (Å²) in [6, 6.07) is 15.9. The van der Waals surface area contributed by atoms with Crippen LogP contribution in [0.5, 0.6) is 5.75 Å². The zero-order chi connectivity index (χ0) is 26.6. The van der Waals surface area contributed by atoms with Crippen molar-refractivity contribution in [2.24, 2.45) is 5.41 Å². The van der Waals surface area contributed by atoms with Crippen LogP contribution in [0.1, 0.15) is 17.7 Å². The molecular formula is C27H30N2O7S. The summed E-state index contributed by atoms with van der Waals surface area (Å²) in [5.74, 6) is -0.532. The number of nitrogens with zero attached hydrogens (tertiary/aromatic N) is 2. The third-order valence-corrected chi connectivity index (χ3v) is 8.41. The molecule has 3 aromatic rings. The molecule has 1 amide bonds. The molecule has 0 aliphatic carbocycles. The van der Waals surface area contributed by atoms with Gasteiger partial charge in [0.15, 0.2) is 15.6 Å². The molecule has 196 valence electrons. The van der Waals surface area contributed by atoms with Crippen molar-refractivity contribution in [3.05, 3.63) is 65.9 Å². The fraction of sp³-hybridized carbons (Fsp3) is 0.370. The second kappa shape index (κ2) is 11.0. The van der Waals surface area contributed by atoms with E-state index >= 15 is 0 Å². The molecular weight excluding hydrogens is 496 g/mol. The summed E-state index contributed by atoms with van der Waals surface area (Å²) in [6.07, 6.45) is -0.125. The maximum Gasteiger partial charge on any atom is 0.248 e. The second-order valence-corrected chi connectivity index (χ2v) is 11.5. The Balaban J connectivity index is 1.45. The number of sulfone groups is 1. The van der Waals surface area contributed by atoms with Gasteiger partial charge in [-0.3, -0.25) is 14.6 Å². The number of para-hydroxylation sites is 1. The SMILES string of the molecule is COCC(=O)N1CC(CC(=O)CO)(CS(=O)(=O)c2ccc(OCc3cc(C)nc4ccccc34)cc2)C1. The lowest BCUT2D eigenvalue weighted by Gasteiger charge is -2.49. The number of aliphatic hydroxyl groups is 1. The van der Waals surface area contributed by atoms with E-state index < -0.39 is 27.6 Å². The van der Waals surface area contributed by atoms with Gasteiger partial charge in [0.25, 0.3) is 0 Å². The van der Waals surface area contributed by atoms with Gasteiger partial charge in [0.2, 0.25) is 5.91 Å². The average molecular weight is 527 g/mol. The van der Waals surface area contributed by atoms with E-state index in [0.29, 0.717) is 12.4 Å². The Bertz CT molecular complexity index is 1400. The Kier molecular flexibility index (Phi) is 7.91. The molecule has 2 aromatic carbocycles. The first-order valence-electron chi connectivity index (χ1n) is 11.8. The van der Waals surface area contributed by atoms with Crippen molar-refractivity contribution in [3.63, 3.8) is 0 Å². The van der Waals surface area contributed by atoms with E-state index in [1.165, 1.54) is 24.1 Å². The van der Waals surface area contributed by atoms with E-state index in [-0.39, 0.29) is 42.7 Å². The lowest BCUT2D eigenvalue weighted by Crippen LogP contribution is -2.62. The Labute approximate surface area is 215 Å². The Morgan fingerprint density at radius 3 is 2.49 bits per heavy atom. The summed E-state index contributed by atoms with van der Waals surface area (Å²) in [7, 11) is -2.38. The van der Waals surface area contributed by atoms with Gasteiger partial charge in [-0.25, -0.2) is 8.42 Å². The van der Waals surface area contributed by atoms with Crippen LogP contribution in [0, 0.1) is 12.3 Å². The number of ether oxygens (including phenoxy) is 2. The van der Waals surface area contributed by atoms with Crippen molar-refractivity contribution >= 4 is 32.4 Å². The normalized spacial score (nSPS) is 14.8. The highest BCUT2D eigenvalue weighted by atomic mass is 32.2. The summed E-state index contributed by atoms with van der Waals surface area (Å²) in [5.41, 5.74) is 1.80. The smallest absolute Gasteiger partial charge is 0.248 e. The molecule has 0 saturated carbocycles. The summed E-state index contributed by atoms with van der Waals surface area (Å²) < 4.78 is 37.3. The lowest BCUT2D eigenvalue weighted by molar-refractivity contribution is -0.149. The summed E-state index contributed by atoms with van der Waals surface area (Å²) in [5, 5.41) is 10.2. The number of aliphatic hydroxyl groups excluding tert-OH is 1. The first-order valence-corrected chi connectivity index (χ1v) is 13.5. The summed E-state index contributed by atoms with van der Waals surface area (Å²) in [6.45, 7) is 1.65. The molecule has 1 N–H and O–H groups in total. The highest BCUT2D eigenvalue weighted by molar-refractivity contribution is 7.91. The van der Waals surface area contributed by atoms with Crippen LogP contribution in [0.2, 0.25) is 0 Å². The summed E-state index contributed by atoms with van der Waals surface area (Å²) >= 11 is 0. The Morgan fingerprint density at radius 1 is 1.11 bits per heavy atom. The van der Waals surface area contributed by atoms with Gasteiger partial charge in [-0.2, -0.15) is 0 Å². The number of hydrogen-bond donors (Lipinski definition) is 1. The number of ketones is 1. The Morgan fingerprint density at radius 2 is 1.81 bits per heavy atom. The van der Waals surface area contributed by atoms with Gasteiger partial charge < -0.3 is 19.5 Å². The topological polar surface area (TPSA) is 123 Å². The van der Waals surface area contributed by atoms with E-state index in [2.05, 4.69) is 4.98 Å². The van der Waals surface area contributed by atoms with Crippen LogP contribution in [0.25, 0.3) is 10.9 Å². The number of likely N-dealkylation sites (tertiary alicyclic amines) is 1. The van der Waals surface area contributed by atoms with Crippen molar-refractivity contribution in [1.29, 1.82) is 0 Å². The van der Waals surface area contributed by atoms with Crippen molar-refractivity contribution in [3.8, 4) is 5.75 Å². The van der Waals surface area contributed by atoms with Crippen LogP contribution in [0.3, 0.4) is 0 Å². The Hall–Kier alpha value is -3.34. The first kappa shape index (κ1) is 26.7. The van der Waals surface area contributed by atoms with Crippen LogP contribution in [-0.4, -0.2) is 74.3 Å². The molecule has 1 aliphatic rings. The molecule has 1 aromatic heterocycles. The number of Topliss-reactive ketones (excluding diaryl/α,β-unsaturated/α-hetero) is 1. The van der Waals surface area contributed by atoms with E-state index in [4.69, 9.17) is 9.47 Å². The van der Waals surface area contributed by atoms with Gasteiger partial charge in [-0.1, -0.05) is 18.2 Å². The third-order valence-electron chi connectivity index (χ3n) is 6.42. The number of pyridine rings is 1. The quantitative estimate of drug-likeness (QED) is 0.404. The fourth-order valence-electron chi connectivity index (χ4n) is 4.79. The molecule has 37 heavy (non-hydrogen) atoms. The number of benzene rings is 2. The van der Waals surface area contributed by atoms with Gasteiger partial charge >= 0.3 is 0 Å². The van der Waals surface area contributed by atoms with E-state index in [1.54, 1.807) is 12.1 Å². The van der Waals surface area contributed by atoms with Crippen molar-refractivity contribution < 1.29 is 32.6 Å². The molecule has 2 heterocycles. The van der Waals surface area contributed by atoms with Crippen LogP contribution < -0.4 is 4.74 Å². The number of amides is 1. The van der Waals surface area contributed by atoms with Crippen molar-refractivity contribution in [2.75, 3.05) is 39.2 Å². The van der Waals surface area contributed by atoms with Crippen molar-refractivity contribution in [1.82, 2.24) is 9.88 Å². The second-order valence-electron chi connectivity index (χ2n) is 9.52. The minimum atomic E-state index is -3.78. The number of methoxy groups -OCH3 is 1. The molecule has 1 saturated heterocycles. The molecule has 0 atom stereocenters. The van der Waals surface area contributed by atoms with Crippen LogP contribution in [0.4, 0.5) is 0 Å². The lowest BCUT2D eigenvalue weighted by atomic mass is 9.77. The highest BCUT2D eigenvalue weighted by Gasteiger charge is 2.49. The standard InChI is InChI=1S/C27H30N2O7S/c1-19-11-20(24-5-3-4-6-25(24)28-19)14-36-22-7-9-23(10-8-22)37(33,34)18-27(12-21(31)13-30)16-29(17-27)26(32)15-35-2/h3-11,30H,12-18H2,1-2H3. The van der Waals surface area contributed by atoms with Gasteiger partial charge in [0.1, 0.15) is 25.6 Å². The molecule has 0 radical (unpaired) electrons.